The molecule has 140 valence electrons. The Kier molecular flexibility index (Phi) is 5.52. The molecule has 1 aromatic heterocycles. The van der Waals surface area contributed by atoms with Crippen LogP contribution < -0.4 is 16.0 Å². The van der Waals surface area contributed by atoms with Crippen molar-refractivity contribution in [3.05, 3.63) is 58.9 Å². The molecular weight excluding hydrogens is 373 g/mol. The number of carbonyl (C=O) groups excluding carboxylic acids is 1. The number of rotatable bonds is 5. The summed E-state index contributed by atoms with van der Waals surface area (Å²) in [4.78, 5) is 15.3. The van der Waals surface area contributed by atoms with E-state index >= 15 is 0 Å². The van der Waals surface area contributed by atoms with Gasteiger partial charge in [0, 0.05) is 18.3 Å². The second-order valence-corrected chi connectivity index (χ2v) is 7.14. The van der Waals surface area contributed by atoms with Crippen molar-refractivity contribution in [2.24, 2.45) is 5.84 Å². The number of alkyl halides is 3. The van der Waals surface area contributed by atoms with Crippen LogP contribution in [0.3, 0.4) is 0 Å². The van der Waals surface area contributed by atoms with E-state index in [1.807, 2.05) is 5.43 Å². The Bertz CT molecular complexity index is 913. The monoisotopic (exact) mass is 388 g/mol. The Labute approximate surface area is 147 Å². The molecule has 0 saturated carbocycles. The van der Waals surface area contributed by atoms with Crippen molar-refractivity contribution in [3.63, 3.8) is 0 Å². The average Bonchev–Trinajstić information content (AvgIpc) is 2.54. The van der Waals surface area contributed by atoms with E-state index in [0.717, 1.165) is 24.6 Å². The fourth-order valence-corrected chi connectivity index (χ4v) is 2.86. The molecule has 0 radical (unpaired) electrons. The Morgan fingerprint density at radius 2 is 1.92 bits per heavy atom. The number of halogens is 3. The molecule has 0 atom stereocenters. The number of aromatic nitrogens is 1. The van der Waals surface area contributed by atoms with Gasteiger partial charge in [0.15, 0.2) is 0 Å². The Morgan fingerprint density at radius 1 is 1.23 bits per heavy atom. The number of amides is 1. The van der Waals surface area contributed by atoms with Crippen LogP contribution >= 0.6 is 0 Å². The number of hydrogen-bond donors (Lipinski definition) is 3. The summed E-state index contributed by atoms with van der Waals surface area (Å²) in [6, 6.07) is 5.93. The van der Waals surface area contributed by atoms with E-state index in [-0.39, 0.29) is 28.9 Å². The average molecular weight is 388 g/mol. The van der Waals surface area contributed by atoms with E-state index in [0.29, 0.717) is 0 Å². The third-order valence-electron chi connectivity index (χ3n) is 3.35. The molecule has 1 heterocycles. The van der Waals surface area contributed by atoms with E-state index in [2.05, 4.69) is 9.71 Å². The molecule has 0 spiro atoms. The van der Waals surface area contributed by atoms with Crippen LogP contribution in [0.4, 0.5) is 18.9 Å². The van der Waals surface area contributed by atoms with Crippen LogP contribution in [0.1, 0.15) is 27.2 Å². The summed E-state index contributed by atoms with van der Waals surface area (Å²) in [6.45, 7) is 0. The predicted molar refractivity (Wildman–Crippen MR) is 88.6 cm³/mol. The quantitative estimate of drug-likeness (QED) is 0.410. The van der Waals surface area contributed by atoms with Crippen LogP contribution in [0.2, 0.25) is 0 Å². The van der Waals surface area contributed by atoms with Gasteiger partial charge in [0.05, 0.1) is 23.1 Å². The largest absolute Gasteiger partial charge is 0.416 e. The molecule has 0 aliphatic rings. The van der Waals surface area contributed by atoms with Gasteiger partial charge in [0.25, 0.3) is 5.91 Å². The Balaban J connectivity index is 2.47. The van der Waals surface area contributed by atoms with E-state index in [1.165, 1.54) is 18.2 Å². The first-order valence-electron chi connectivity index (χ1n) is 7.14. The topological polar surface area (TPSA) is 114 Å². The smallest absolute Gasteiger partial charge is 0.290 e. The number of hydrazine groups is 1. The summed E-state index contributed by atoms with van der Waals surface area (Å²) in [5.74, 6) is 4.40. The normalized spacial score (nSPS) is 11.9. The summed E-state index contributed by atoms with van der Waals surface area (Å²) in [7, 11) is -3.78. The maximum Gasteiger partial charge on any atom is 0.416 e. The molecule has 0 aliphatic carbocycles. The van der Waals surface area contributed by atoms with Crippen LogP contribution in [0.15, 0.2) is 36.5 Å². The summed E-state index contributed by atoms with van der Waals surface area (Å²) in [5.41, 5.74) is 0.827. The van der Waals surface area contributed by atoms with Gasteiger partial charge < -0.3 is 0 Å². The first-order valence-corrected chi connectivity index (χ1v) is 9.03. The summed E-state index contributed by atoms with van der Waals surface area (Å²) < 4.78 is 64.9. The van der Waals surface area contributed by atoms with E-state index < -0.39 is 27.7 Å². The highest BCUT2D eigenvalue weighted by molar-refractivity contribution is 7.92. The molecule has 0 fully saturated rings. The lowest BCUT2D eigenvalue weighted by Gasteiger charge is -2.17. The Morgan fingerprint density at radius 3 is 2.42 bits per heavy atom. The summed E-state index contributed by atoms with van der Waals surface area (Å²) in [5, 5.41) is 0. The lowest BCUT2D eigenvalue weighted by atomic mass is 10.00. The lowest BCUT2D eigenvalue weighted by Crippen LogP contribution is -2.30. The van der Waals surface area contributed by atoms with Crippen LogP contribution in [-0.2, 0) is 22.6 Å². The van der Waals surface area contributed by atoms with Gasteiger partial charge in [-0.05, 0) is 29.8 Å². The summed E-state index contributed by atoms with van der Waals surface area (Å²) in [6.07, 6.45) is -2.96. The number of benzene rings is 1. The van der Waals surface area contributed by atoms with Crippen molar-refractivity contribution >= 4 is 21.6 Å². The minimum atomic E-state index is -4.68. The molecule has 26 heavy (non-hydrogen) atoms. The molecule has 0 saturated heterocycles. The predicted octanol–water partition coefficient (Wildman–Crippen LogP) is 1.67. The van der Waals surface area contributed by atoms with Gasteiger partial charge >= 0.3 is 6.18 Å². The number of hydrogen-bond acceptors (Lipinski definition) is 5. The minimum absolute atomic E-state index is 0.134. The van der Waals surface area contributed by atoms with Gasteiger partial charge in [-0.3, -0.25) is 19.9 Å². The number of nitrogens with two attached hydrogens (primary N) is 1. The number of nitrogens with one attached hydrogen (secondary N) is 2. The molecule has 4 N–H and O–H groups in total. The first kappa shape index (κ1) is 19.7. The van der Waals surface area contributed by atoms with Crippen LogP contribution in [0.25, 0.3) is 0 Å². The van der Waals surface area contributed by atoms with Crippen molar-refractivity contribution < 1.29 is 26.4 Å². The zero-order valence-electron chi connectivity index (χ0n) is 13.5. The fraction of sp³-hybridized carbons (Fsp3) is 0.200. The van der Waals surface area contributed by atoms with Crippen molar-refractivity contribution in [2.45, 2.75) is 12.6 Å². The maximum atomic E-state index is 13.3. The molecular formula is C15H15F3N4O3S. The second-order valence-electron chi connectivity index (χ2n) is 5.39. The van der Waals surface area contributed by atoms with Crippen LogP contribution in [0.5, 0.6) is 0 Å². The third-order valence-corrected chi connectivity index (χ3v) is 3.94. The number of pyridine rings is 1. The molecule has 0 aliphatic heterocycles. The van der Waals surface area contributed by atoms with Gasteiger partial charge in [-0.25, -0.2) is 14.3 Å². The maximum absolute atomic E-state index is 13.3. The fourth-order valence-electron chi connectivity index (χ4n) is 2.27. The van der Waals surface area contributed by atoms with E-state index in [9.17, 15) is 26.4 Å². The molecule has 7 nitrogen and oxygen atoms in total. The number of sulfonamides is 1. The van der Waals surface area contributed by atoms with E-state index in [1.54, 1.807) is 0 Å². The molecule has 11 heteroatoms. The highest BCUT2D eigenvalue weighted by Crippen LogP contribution is 2.36. The van der Waals surface area contributed by atoms with Crippen molar-refractivity contribution in [1.29, 1.82) is 0 Å². The van der Waals surface area contributed by atoms with Gasteiger partial charge in [0.1, 0.15) is 0 Å². The highest BCUT2D eigenvalue weighted by Gasteiger charge is 2.34. The molecule has 1 aromatic carbocycles. The highest BCUT2D eigenvalue weighted by atomic mass is 32.2. The van der Waals surface area contributed by atoms with Crippen LogP contribution in [-0.4, -0.2) is 25.6 Å². The van der Waals surface area contributed by atoms with Crippen molar-refractivity contribution in [2.75, 3.05) is 11.0 Å². The first-order chi connectivity index (χ1) is 12.0. The molecule has 0 bridgehead atoms. The molecule has 2 rings (SSSR count). The van der Waals surface area contributed by atoms with E-state index in [4.69, 9.17) is 5.84 Å². The minimum Gasteiger partial charge on any atom is -0.290 e. The standard InChI is InChI=1S/C15H15F3N4O3S/c1-26(24,25)22-13-4-2-3-12(15(16,17)18)11(13)7-10-6-5-9(8-20-10)14(23)21-19/h2-6,8,22H,7,19H2,1H3,(H,21,23). The molecule has 2 aromatic rings. The lowest BCUT2D eigenvalue weighted by molar-refractivity contribution is -0.138. The van der Waals surface area contributed by atoms with Crippen molar-refractivity contribution in [1.82, 2.24) is 10.4 Å². The zero-order chi connectivity index (χ0) is 19.5. The van der Waals surface area contributed by atoms with Gasteiger partial charge in [0.2, 0.25) is 10.0 Å². The number of nitrogens with zero attached hydrogens (tertiary/aromatic N) is 1. The van der Waals surface area contributed by atoms with Gasteiger partial charge in [-0.2, -0.15) is 13.2 Å². The zero-order valence-corrected chi connectivity index (χ0v) is 14.3. The number of anilines is 1. The molecule has 0 unspecified atom stereocenters. The SMILES string of the molecule is CS(=O)(=O)Nc1cccc(C(F)(F)F)c1Cc1ccc(C(=O)NN)cn1. The van der Waals surface area contributed by atoms with Gasteiger partial charge in [-0.1, -0.05) is 6.07 Å². The van der Waals surface area contributed by atoms with Gasteiger partial charge in [-0.15, -0.1) is 0 Å². The second kappa shape index (κ2) is 7.30. The number of nitrogen functional groups attached to an aromatic ring is 1. The number of carbonyl (C=O) groups is 1. The Hall–Kier alpha value is -2.66. The third kappa shape index (κ3) is 4.92. The van der Waals surface area contributed by atoms with Crippen molar-refractivity contribution in [3.8, 4) is 0 Å². The van der Waals surface area contributed by atoms with Crippen LogP contribution in [0, 0.1) is 0 Å². The molecule has 1 amide bonds. The summed E-state index contributed by atoms with van der Waals surface area (Å²) >= 11 is 0.